The van der Waals surface area contributed by atoms with E-state index in [0.29, 0.717) is 29.0 Å². The molecule has 1 atom stereocenters. The molecule has 24 heavy (non-hydrogen) atoms. The predicted molar refractivity (Wildman–Crippen MR) is 92.2 cm³/mol. The highest BCUT2D eigenvalue weighted by Gasteiger charge is 2.21. The molecule has 1 aliphatic carbocycles. The van der Waals surface area contributed by atoms with Gasteiger partial charge < -0.3 is 10.6 Å². The Morgan fingerprint density at radius 2 is 1.83 bits per heavy atom. The van der Waals surface area contributed by atoms with Crippen LogP contribution >= 0.6 is 11.3 Å². The molecule has 3 heterocycles. The number of nitrogens with zero attached hydrogens (tertiary/aromatic N) is 5. The Morgan fingerprint density at radius 3 is 2.50 bits per heavy atom. The van der Waals surface area contributed by atoms with E-state index >= 15 is 0 Å². The van der Waals surface area contributed by atoms with E-state index in [4.69, 9.17) is 4.63 Å². The molecule has 1 fully saturated rings. The summed E-state index contributed by atoms with van der Waals surface area (Å²) in [6.07, 6.45) is 4.79. The summed E-state index contributed by atoms with van der Waals surface area (Å²) in [5.41, 5.74) is 1.80. The lowest BCUT2D eigenvalue weighted by molar-refractivity contribution is 0.314. The van der Waals surface area contributed by atoms with Crippen molar-refractivity contribution < 1.29 is 4.63 Å². The van der Waals surface area contributed by atoms with Crippen LogP contribution in [0.25, 0.3) is 11.3 Å². The fourth-order valence-corrected chi connectivity index (χ4v) is 3.67. The van der Waals surface area contributed by atoms with E-state index in [-0.39, 0.29) is 6.04 Å². The van der Waals surface area contributed by atoms with Gasteiger partial charge in [-0.15, -0.1) is 11.3 Å². The highest BCUT2D eigenvalue weighted by molar-refractivity contribution is 7.09. The van der Waals surface area contributed by atoms with Crippen LogP contribution in [0.15, 0.2) is 10.0 Å². The zero-order valence-electron chi connectivity index (χ0n) is 13.6. The fourth-order valence-electron chi connectivity index (χ4n) is 2.96. The molecule has 0 spiro atoms. The SMILES string of the molecule is Cc1nc([C@@H](C)Nc2nc3nonc3nc2NC2CCCC2)cs1. The molecule has 4 rings (SSSR count). The second-order valence-electron chi connectivity index (χ2n) is 6.12. The molecule has 0 bridgehead atoms. The Kier molecular flexibility index (Phi) is 4.01. The Morgan fingerprint density at radius 1 is 1.12 bits per heavy atom. The predicted octanol–water partition coefficient (Wildman–Crippen LogP) is 3.31. The second kappa shape index (κ2) is 6.31. The molecule has 126 valence electrons. The first-order valence-corrected chi connectivity index (χ1v) is 9.02. The maximum absolute atomic E-state index is 4.75. The second-order valence-corrected chi connectivity index (χ2v) is 7.18. The van der Waals surface area contributed by atoms with Crippen LogP contribution in [0.4, 0.5) is 11.6 Å². The highest BCUT2D eigenvalue weighted by Crippen LogP contribution is 2.28. The van der Waals surface area contributed by atoms with Crippen molar-refractivity contribution in [1.82, 2.24) is 25.3 Å². The Labute approximate surface area is 143 Å². The number of anilines is 2. The summed E-state index contributed by atoms with van der Waals surface area (Å²) < 4.78 is 4.75. The third-order valence-corrected chi connectivity index (χ3v) is 5.04. The monoisotopic (exact) mass is 345 g/mol. The van der Waals surface area contributed by atoms with Gasteiger partial charge in [-0.05, 0) is 37.0 Å². The summed E-state index contributed by atoms with van der Waals surface area (Å²) >= 11 is 1.64. The molecule has 2 N–H and O–H groups in total. The Bertz CT molecular complexity index is 839. The average Bonchev–Trinajstić information content (AvgIpc) is 3.29. The molecular formula is C15H19N7OS. The van der Waals surface area contributed by atoms with Crippen molar-refractivity contribution in [2.75, 3.05) is 10.6 Å². The van der Waals surface area contributed by atoms with Crippen LogP contribution in [-0.4, -0.2) is 31.3 Å². The van der Waals surface area contributed by atoms with Gasteiger partial charge in [0.2, 0.25) is 11.3 Å². The molecule has 0 radical (unpaired) electrons. The number of hydrogen-bond donors (Lipinski definition) is 2. The maximum Gasteiger partial charge on any atom is 0.245 e. The van der Waals surface area contributed by atoms with Crippen molar-refractivity contribution in [3.8, 4) is 0 Å². The third-order valence-electron chi connectivity index (χ3n) is 4.24. The molecule has 0 unspecified atom stereocenters. The molecule has 1 saturated carbocycles. The van der Waals surface area contributed by atoms with Crippen LogP contribution in [-0.2, 0) is 0 Å². The van der Waals surface area contributed by atoms with Gasteiger partial charge in [0, 0.05) is 11.4 Å². The molecule has 0 saturated heterocycles. The average molecular weight is 345 g/mol. The molecule has 8 nitrogen and oxygen atoms in total. The molecule has 9 heteroatoms. The quantitative estimate of drug-likeness (QED) is 0.726. The van der Waals surface area contributed by atoms with Crippen molar-refractivity contribution in [1.29, 1.82) is 0 Å². The van der Waals surface area contributed by atoms with Crippen molar-refractivity contribution in [3.63, 3.8) is 0 Å². The summed E-state index contributed by atoms with van der Waals surface area (Å²) in [7, 11) is 0. The molecule has 0 aromatic carbocycles. The number of fused-ring (bicyclic) bond motifs is 1. The van der Waals surface area contributed by atoms with Crippen molar-refractivity contribution >= 4 is 34.3 Å². The van der Waals surface area contributed by atoms with E-state index < -0.39 is 0 Å². The van der Waals surface area contributed by atoms with Crippen LogP contribution in [0.5, 0.6) is 0 Å². The number of rotatable bonds is 5. The van der Waals surface area contributed by atoms with Gasteiger partial charge in [-0.3, -0.25) is 0 Å². The topological polar surface area (TPSA) is 102 Å². The van der Waals surface area contributed by atoms with Gasteiger partial charge in [0.25, 0.3) is 0 Å². The van der Waals surface area contributed by atoms with Crippen LogP contribution in [0, 0.1) is 6.92 Å². The van der Waals surface area contributed by atoms with Gasteiger partial charge in [-0.25, -0.2) is 19.6 Å². The molecule has 0 amide bonds. The van der Waals surface area contributed by atoms with Crippen molar-refractivity contribution in [2.45, 2.75) is 51.6 Å². The zero-order chi connectivity index (χ0) is 16.5. The summed E-state index contributed by atoms with van der Waals surface area (Å²) in [6, 6.07) is 0.444. The Balaban J connectivity index is 1.63. The first-order chi connectivity index (χ1) is 11.7. The minimum atomic E-state index is 0.0192. The zero-order valence-corrected chi connectivity index (χ0v) is 14.4. The van der Waals surface area contributed by atoms with Crippen LogP contribution in [0.1, 0.15) is 49.4 Å². The van der Waals surface area contributed by atoms with E-state index in [1.807, 2.05) is 6.92 Å². The summed E-state index contributed by atoms with van der Waals surface area (Å²) in [6.45, 7) is 4.06. The number of aryl methyl sites for hydroxylation is 1. The van der Waals surface area contributed by atoms with Gasteiger partial charge in [-0.1, -0.05) is 12.8 Å². The lowest BCUT2D eigenvalue weighted by Gasteiger charge is -2.18. The third kappa shape index (κ3) is 3.03. The van der Waals surface area contributed by atoms with E-state index in [1.54, 1.807) is 11.3 Å². The van der Waals surface area contributed by atoms with Gasteiger partial charge in [0.15, 0.2) is 11.6 Å². The van der Waals surface area contributed by atoms with Crippen molar-refractivity contribution in [3.05, 3.63) is 16.1 Å². The van der Waals surface area contributed by atoms with Gasteiger partial charge in [-0.2, -0.15) is 0 Å². The minimum absolute atomic E-state index is 0.0192. The van der Waals surface area contributed by atoms with Crippen LogP contribution in [0.3, 0.4) is 0 Å². The van der Waals surface area contributed by atoms with Gasteiger partial charge in [0.1, 0.15) is 0 Å². The first-order valence-electron chi connectivity index (χ1n) is 8.14. The van der Waals surface area contributed by atoms with Gasteiger partial charge in [0.05, 0.1) is 16.7 Å². The highest BCUT2D eigenvalue weighted by atomic mass is 32.1. The van der Waals surface area contributed by atoms with Crippen molar-refractivity contribution in [2.24, 2.45) is 0 Å². The maximum atomic E-state index is 4.75. The molecule has 0 aliphatic heterocycles. The van der Waals surface area contributed by atoms with E-state index in [9.17, 15) is 0 Å². The smallest absolute Gasteiger partial charge is 0.245 e. The Hall–Kier alpha value is -2.29. The molecule has 3 aromatic heterocycles. The minimum Gasteiger partial charge on any atom is -0.364 e. The standard InChI is InChI=1S/C15H19N7OS/c1-8(11-7-24-9(2)17-11)16-12-13(18-10-5-3-4-6-10)20-15-14(19-12)21-23-22-15/h7-8,10H,3-6H2,1-2H3,(H,16,19,21)(H,18,20,22)/t8-/m1/s1. The summed E-state index contributed by atoms with van der Waals surface area (Å²) in [4.78, 5) is 13.6. The van der Waals surface area contributed by atoms with E-state index in [0.717, 1.165) is 23.5 Å². The largest absolute Gasteiger partial charge is 0.364 e. The van der Waals surface area contributed by atoms with Gasteiger partial charge >= 0.3 is 0 Å². The number of thiazole rings is 1. The fraction of sp³-hybridized carbons (Fsp3) is 0.533. The lowest BCUT2D eigenvalue weighted by Crippen LogP contribution is -2.19. The number of nitrogens with one attached hydrogen (secondary N) is 2. The number of aromatic nitrogens is 5. The molecule has 1 aliphatic rings. The molecule has 3 aromatic rings. The van der Waals surface area contributed by atoms with Crippen LogP contribution < -0.4 is 10.6 Å². The van der Waals surface area contributed by atoms with E-state index in [1.165, 1.54) is 12.8 Å². The van der Waals surface area contributed by atoms with Crippen LogP contribution in [0.2, 0.25) is 0 Å². The molecular weight excluding hydrogens is 326 g/mol. The lowest BCUT2D eigenvalue weighted by atomic mass is 10.2. The summed E-state index contributed by atoms with van der Waals surface area (Å²) in [5.74, 6) is 1.35. The van der Waals surface area contributed by atoms with E-state index in [2.05, 4.69) is 48.2 Å². The number of hydrogen-bond acceptors (Lipinski definition) is 9. The first kappa shape index (κ1) is 15.3. The summed E-state index contributed by atoms with van der Waals surface area (Å²) in [5, 5.41) is 17.6. The normalized spacial score (nSPS) is 16.6.